The molecule has 2 amide bonds. The third-order valence-corrected chi connectivity index (χ3v) is 6.94. The number of hydrogen-bond acceptors (Lipinski definition) is 4. The van der Waals surface area contributed by atoms with E-state index in [1.165, 1.54) is 22.3 Å². The van der Waals surface area contributed by atoms with Gasteiger partial charge in [-0.05, 0) is 53.9 Å². The molecule has 3 N–H and O–H groups in total. The minimum absolute atomic E-state index is 0.0106. The lowest BCUT2D eigenvalue weighted by atomic mass is 9.78. The zero-order valence-corrected chi connectivity index (χ0v) is 19.5. The molecule has 1 atom stereocenters. The summed E-state index contributed by atoms with van der Waals surface area (Å²) in [6, 6.07) is 16.3. The molecule has 7 heteroatoms. The molecular formula is C27H32N2O5. The van der Waals surface area contributed by atoms with Crippen LogP contribution in [0, 0.1) is 5.92 Å². The molecule has 4 rings (SSSR count). The Morgan fingerprint density at radius 3 is 2.24 bits per heavy atom. The normalized spacial score (nSPS) is 19.3. The Balaban J connectivity index is 1.21. The van der Waals surface area contributed by atoms with Gasteiger partial charge in [0.05, 0.1) is 0 Å². The minimum atomic E-state index is -0.792. The predicted octanol–water partition coefficient (Wildman–Crippen LogP) is 4.45. The summed E-state index contributed by atoms with van der Waals surface area (Å²) in [5, 5.41) is 14.7. The first-order valence-electron chi connectivity index (χ1n) is 12.1. The fourth-order valence-electron chi connectivity index (χ4n) is 5.06. The zero-order valence-electron chi connectivity index (χ0n) is 19.5. The second-order valence-corrected chi connectivity index (χ2v) is 9.31. The van der Waals surface area contributed by atoms with Crippen molar-refractivity contribution in [3.63, 3.8) is 0 Å². The van der Waals surface area contributed by atoms with E-state index in [2.05, 4.69) is 34.9 Å². The molecular weight excluding hydrogens is 432 g/mol. The maximum atomic E-state index is 12.5. The summed E-state index contributed by atoms with van der Waals surface area (Å²) in [6.45, 7) is 2.23. The van der Waals surface area contributed by atoms with Crippen LogP contribution in [-0.2, 0) is 14.3 Å². The highest BCUT2D eigenvalue weighted by Gasteiger charge is 2.32. The van der Waals surface area contributed by atoms with Gasteiger partial charge in [-0.3, -0.25) is 9.59 Å². The molecule has 0 saturated heterocycles. The van der Waals surface area contributed by atoms with Crippen LogP contribution < -0.4 is 10.6 Å². The lowest BCUT2D eigenvalue weighted by molar-refractivity contribution is -0.139. The number of nitrogens with one attached hydrogen (secondary N) is 2. The number of carboxylic acids is 1. The topological polar surface area (TPSA) is 105 Å². The molecule has 1 fully saturated rings. The molecule has 0 aromatic heterocycles. The van der Waals surface area contributed by atoms with Crippen LogP contribution in [0.25, 0.3) is 11.1 Å². The zero-order chi connectivity index (χ0) is 24.1. The third-order valence-electron chi connectivity index (χ3n) is 6.94. The number of aliphatic carboxylic acids is 1. The second-order valence-electron chi connectivity index (χ2n) is 9.31. The minimum Gasteiger partial charge on any atom is -0.481 e. The lowest BCUT2D eigenvalue weighted by Crippen LogP contribution is -2.45. The van der Waals surface area contributed by atoms with E-state index in [4.69, 9.17) is 9.84 Å². The summed E-state index contributed by atoms with van der Waals surface area (Å²) >= 11 is 0. The van der Waals surface area contributed by atoms with E-state index in [9.17, 15) is 14.4 Å². The average Bonchev–Trinajstić information content (AvgIpc) is 3.12. The number of fused-ring (bicyclic) bond motifs is 3. The third kappa shape index (κ3) is 5.58. The van der Waals surface area contributed by atoms with E-state index in [-0.39, 0.29) is 42.9 Å². The van der Waals surface area contributed by atoms with Crippen molar-refractivity contribution < 1.29 is 24.2 Å². The standard InChI is InChI=1S/C27H32N2O5/c1-2-18(11-12-25(30)28-19-13-17(14-19)15-26(31)32)29-27(33)34-16-24-22-9-5-3-7-20(22)21-8-4-6-10-23(21)24/h3-10,17-19,24H,2,11-16H2,1H3,(H,28,30)(H,29,33)(H,31,32). The Kier molecular flexibility index (Phi) is 7.50. The van der Waals surface area contributed by atoms with E-state index >= 15 is 0 Å². The molecule has 2 aromatic rings. The molecule has 0 bridgehead atoms. The van der Waals surface area contributed by atoms with Gasteiger partial charge in [-0.1, -0.05) is 55.5 Å². The van der Waals surface area contributed by atoms with Crippen LogP contribution in [-0.4, -0.2) is 41.8 Å². The highest BCUT2D eigenvalue weighted by atomic mass is 16.5. The van der Waals surface area contributed by atoms with E-state index in [1.807, 2.05) is 31.2 Å². The molecule has 2 aromatic carbocycles. The van der Waals surface area contributed by atoms with Gasteiger partial charge in [-0.15, -0.1) is 0 Å². The van der Waals surface area contributed by atoms with Gasteiger partial charge in [-0.2, -0.15) is 0 Å². The number of carbonyl (C=O) groups excluding carboxylic acids is 2. The van der Waals surface area contributed by atoms with Crippen molar-refractivity contribution in [2.45, 2.75) is 63.5 Å². The first-order chi connectivity index (χ1) is 16.4. The smallest absolute Gasteiger partial charge is 0.407 e. The quantitative estimate of drug-likeness (QED) is 0.482. The van der Waals surface area contributed by atoms with Crippen LogP contribution in [0.4, 0.5) is 4.79 Å². The van der Waals surface area contributed by atoms with Crippen LogP contribution in [0.1, 0.15) is 62.5 Å². The van der Waals surface area contributed by atoms with Crippen molar-refractivity contribution in [3.05, 3.63) is 59.7 Å². The van der Waals surface area contributed by atoms with Crippen LogP contribution in [0.2, 0.25) is 0 Å². The second kappa shape index (κ2) is 10.7. The van der Waals surface area contributed by atoms with E-state index < -0.39 is 12.1 Å². The molecule has 0 aliphatic heterocycles. The Labute approximate surface area is 199 Å². The lowest BCUT2D eigenvalue weighted by Gasteiger charge is -2.35. The Morgan fingerprint density at radius 2 is 1.65 bits per heavy atom. The number of alkyl carbamates (subject to hydrolysis) is 1. The molecule has 180 valence electrons. The van der Waals surface area contributed by atoms with Crippen LogP contribution >= 0.6 is 0 Å². The molecule has 0 heterocycles. The highest BCUT2D eigenvalue weighted by molar-refractivity contribution is 5.79. The fraction of sp³-hybridized carbons (Fsp3) is 0.444. The molecule has 34 heavy (non-hydrogen) atoms. The molecule has 0 radical (unpaired) electrons. The summed E-state index contributed by atoms with van der Waals surface area (Å²) in [5.74, 6) is -0.690. The first-order valence-corrected chi connectivity index (χ1v) is 12.1. The number of amides is 2. The molecule has 7 nitrogen and oxygen atoms in total. The van der Waals surface area contributed by atoms with Crippen molar-refractivity contribution in [2.24, 2.45) is 5.92 Å². The first kappa shape index (κ1) is 23.8. The summed E-state index contributed by atoms with van der Waals surface area (Å²) in [7, 11) is 0. The number of carbonyl (C=O) groups is 3. The van der Waals surface area contributed by atoms with E-state index in [0.29, 0.717) is 32.1 Å². The van der Waals surface area contributed by atoms with Crippen LogP contribution in [0.5, 0.6) is 0 Å². The Hall–Kier alpha value is -3.35. The van der Waals surface area contributed by atoms with Gasteiger partial charge in [0.25, 0.3) is 0 Å². The van der Waals surface area contributed by atoms with Crippen molar-refractivity contribution in [1.29, 1.82) is 0 Å². The van der Waals surface area contributed by atoms with Gasteiger partial charge in [0, 0.05) is 30.8 Å². The van der Waals surface area contributed by atoms with Crippen molar-refractivity contribution in [3.8, 4) is 11.1 Å². The van der Waals surface area contributed by atoms with E-state index in [0.717, 1.165) is 0 Å². The fourth-order valence-corrected chi connectivity index (χ4v) is 5.06. The Morgan fingerprint density at radius 1 is 1.03 bits per heavy atom. The maximum absolute atomic E-state index is 12.5. The van der Waals surface area contributed by atoms with Crippen molar-refractivity contribution in [1.82, 2.24) is 10.6 Å². The van der Waals surface area contributed by atoms with Gasteiger partial charge in [0.15, 0.2) is 0 Å². The van der Waals surface area contributed by atoms with Crippen molar-refractivity contribution >= 4 is 18.0 Å². The number of benzene rings is 2. The van der Waals surface area contributed by atoms with Crippen LogP contribution in [0.3, 0.4) is 0 Å². The van der Waals surface area contributed by atoms with Gasteiger partial charge in [0.2, 0.25) is 5.91 Å². The molecule has 2 aliphatic carbocycles. The average molecular weight is 465 g/mol. The van der Waals surface area contributed by atoms with Gasteiger partial charge in [0.1, 0.15) is 6.61 Å². The molecule has 2 aliphatic rings. The number of hydrogen-bond donors (Lipinski definition) is 3. The molecule has 0 spiro atoms. The largest absolute Gasteiger partial charge is 0.481 e. The summed E-state index contributed by atoms with van der Waals surface area (Å²) in [4.78, 5) is 35.5. The number of ether oxygens (including phenoxy) is 1. The van der Waals surface area contributed by atoms with Crippen molar-refractivity contribution in [2.75, 3.05) is 6.61 Å². The van der Waals surface area contributed by atoms with E-state index in [1.54, 1.807) is 0 Å². The maximum Gasteiger partial charge on any atom is 0.407 e. The summed E-state index contributed by atoms with van der Waals surface area (Å²) in [6.07, 6.45) is 2.65. The molecule has 1 saturated carbocycles. The molecule has 1 unspecified atom stereocenters. The predicted molar refractivity (Wildman–Crippen MR) is 128 cm³/mol. The van der Waals surface area contributed by atoms with Crippen LogP contribution in [0.15, 0.2) is 48.5 Å². The SMILES string of the molecule is CCC(CCC(=O)NC1CC(CC(=O)O)C1)NC(=O)OCC1c2ccccc2-c2ccccc21. The number of rotatable bonds is 10. The van der Waals surface area contributed by atoms with Gasteiger partial charge >= 0.3 is 12.1 Å². The van der Waals surface area contributed by atoms with Gasteiger partial charge < -0.3 is 20.5 Å². The summed E-state index contributed by atoms with van der Waals surface area (Å²) in [5.41, 5.74) is 4.71. The summed E-state index contributed by atoms with van der Waals surface area (Å²) < 4.78 is 5.61. The number of carboxylic acid groups (broad SMARTS) is 1. The van der Waals surface area contributed by atoms with Gasteiger partial charge in [-0.25, -0.2) is 4.79 Å². The Bertz CT molecular complexity index is 1000. The monoisotopic (exact) mass is 464 g/mol. The highest BCUT2D eigenvalue weighted by Crippen LogP contribution is 2.44.